The number of amides is 6. The van der Waals surface area contributed by atoms with Crippen LogP contribution in [0.3, 0.4) is 0 Å². The van der Waals surface area contributed by atoms with Crippen LogP contribution in [-0.4, -0.2) is 74.3 Å². The molecule has 41 heavy (non-hydrogen) atoms. The smallest absolute Gasteiger partial charge is 0.296 e. The number of imide groups is 2. The van der Waals surface area contributed by atoms with Gasteiger partial charge in [-0.15, -0.1) is 5.10 Å². The Morgan fingerprint density at radius 1 is 0.878 bits per heavy atom. The van der Waals surface area contributed by atoms with E-state index in [2.05, 4.69) is 10.2 Å². The van der Waals surface area contributed by atoms with Crippen LogP contribution >= 0.6 is 0 Å². The van der Waals surface area contributed by atoms with Crippen molar-refractivity contribution in [3.63, 3.8) is 0 Å². The van der Waals surface area contributed by atoms with E-state index in [4.69, 9.17) is 4.74 Å². The third kappa shape index (κ3) is 3.86. The summed E-state index contributed by atoms with van der Waals surface area (Å²) in [4.78, 5) is 80.1. The van der Waals surface area contributed by atoms with Crippen LogP contribution in [0.15, 0.2) is 58.7 Å². The molecule has 0 saturated heterocycles. The number of carbonyl (C=O) groups is 6. The van der Waals surface area contributed by atoms with E-state index in [9.17, 15) is 28.8 Å². The van der Waals surface area contributed by atoms with Crippen molar-refractivity contribution in [3.8, 4) is 5.75 Å². The highest BCUT2D eigenvalue weighted by Gasteiger charge is 2.68. The van der Waals surface area contributed by atoms with E-state index in [0.717, 1.165) is 35.7 Å². The zero-order valence-corrected chi connectivity index (χ0v) is 22.8. The molecule has 3 heterocycles. The molecule has 14 nitrogen and oxygen atoms in total. The maximum atomic E-state index is 14.2. The molecule has 0 fully saturated rings. The number of rotatable bonds is 4. The first kappa shape index (κ1) is 27.2. The van der Waals surface area contributed by atoms with Crippen molar-refractivity contribution in [1.82, 2.24) is 20.0 Å². The molecule has 1 atom stereocenters. The van der Waals surface area contributed by atoms with E-state index in [1.54, 1.807) is 36.4 Å². The van der Waals surface area contributed by atoms with E-state index < -0.39 is 47.1 Å². The van der Waals surface area contributed by atoms with E-state index in [1.165, 1.54) is 26.2 Å². The monoisotopic (exact) mass is 559 g/mol. The van der Waals surface area contributed by atoms with Crippen LogP contribution in [0.1, 0.15) is 38.8 Å². The molecule has 2 aromatic carbocycles. The van der Waals surface area contributed by atoms with Gasteiger partial charge in [-0.05, 0) is 23.8 Å². The van der Waals surface area contributed by atoms with E-state index in [0.29, 0.717) is 21.3 Å². The van der Waals surface area contributed by atoms with Crippen LogP contribution in [0.2, 0.25) is 0 Å². The molecule has 0 aliphatic carbocycles. The van der Waals surface area contributed by atoms with Gasteiger partial charge in [-0.25, -0.2) is 4.90 Å². The van der Waals surface area contributed by atoms with Crippen molar-refractivity contribution in [3.05, 3.63) is 59.7 Å². The van der Waals surface area contributed by atoms with Crippen molar-refractivity contribution >= 4 is 52.8 Å². The number of anilines is 1. The van der Waals surface area contributed by atoms with Gasteiger partial charge in [-0.3, -0.25) is 28.8 Å². The minimum Gasteiger partial charge on any atom is -0.497 e. The van der Waals surface area contributed by atoms with Crippen LogP contribution < -0.4 is 9.64 Å². The molecule has 1 spiro atoms. The first-order valence-electron chi connectivity index (χ1n) is 12.4. The van der Waals surface area contributed by atoms with Crippen LogP contribution in [0, 0.1) is 0 Å². The second-order valence-electron chi connectivity index (χ2n) is 9.43. The fourth-order valence-electron chi connectivity index (χ4n) is 5.16. The molecule has 0 N–H and O–H groups in total. The van der Waals surface area contributed by atoms with E-state index in [-0.39, 0.29) is 23.4 Å². The number of benzene rings is 2. The molecule has 0 radical (unpaired) electrons. The lowest BCUT2D eigenvalue weighted by atomic mass is 9.99. The molecule has 0 aromatic heterocycles. The van der Waals surface area contributed by atoms with Crippen molar-refractivity contribution in [2.24, 2.45) is 10.2 Å². The number of hydrogen-bond donors (Lipinski definition) is 0. The van der Waals surface area contributed by atoms with Gasteiger partial charge < -0.3 is 4.74 Å². The zero-order chi connectivity index (χ0) is 29.8. The van der Waals surface area contributed by atoms with Gasteiger partial charge in [0.05, 0.1) is 12.8 Å². The zero-order valence-electron chi connectivity index (χ0n) is 22.8. The summed E-state index contributed by atoms with van der Waals surface area (Å²) in [7, 11) is 1.51. The number of nitrogens with zero attached hydrogens (tertiary/aromatic N) is 7. The van der Waals surface area contributed by atoms with Crippen LogP contribution in [0.25, 0.3) is 0 Å². The number of para-hydroxylation sites is 1. The maximum Gasteiger partial charge on any atom is 0.296 e. The molecule has 14 heteroatoms. The van der Waals surface area contributed by atoms with Crippen LogP contribution in [-0.2, 0) is 40.9 Å². The number of carbonyl (C=O) groups excluding carboxylic acids is 6. The quantitative estimate of drug-likeness (QED) is 0.536. The largest absolute Gasteiger partial charge is 0.497 e. The third-order valence-corrected chi connectivity index (χ3v) is 6.80. The number of ether oxygens (including phenoxy) is 1. The first-order valence-corrected chi connectivity index (χ1v) is 12.4. The highest BCUT2D eigenvalue weighted by atomic mass is 16.5. The summed E-state index contributed by atoms with van der Waals surface area (Å²) in [6.07, 6.45) is -0.0881. The highest BCUT2D eigenvalue weighted by Crippen LogP contribution is 2.50. The normalized spacial score (nSPS) is 19.1. The molecule has 3 aliphatic heterocycles. The summed E-state index contributed by atoms with van der Waals surface area (Å²) in [6.45, 7) is 4.50. The van der Waals surface area contributed by atoms with Crippen molar-refractivity contribution in [2.45, 2.75) is 39.8 Å². The lowest BCUT2D eigenvalue weighted by molar-refractivity contribution is -0.163. The van der Waals surface area contributed by atoms with Crippen LogP contribution in [0.5, 0.6) is 5.75 Å². The Hall–Kier alpha value is -5.40. The predicted octanol–water partition coefficient (Wildman–Crippen LogP) is 0.927. The molecule has 1 unspecified atom stereocenters. The van der Waals surface area contributed by atoms with Gasteiger partial charge in [-0.2, -0.15) is 25.1 Å². The molecule has 3 aliphatic rings. The number of hydrogen-bond acceptors (Lipinski definition) is 10. The second-order valence-corrected chi connectivity index (χ2v) is 9.43. The summed E-state index contributed by atoms with van der Waals surface area (Å²) in [5, 5.41) is 11.9. The molecule has 0 bridgehead atoms. The van der Waals surface area contributed by atoms with E-state index >= 15 is 0 Å². The number of hydrazine groups is 1. The Bertz CT molecular complexity index is 1590. The summed E-state index contributed by atoms with van der Waals surface area (Å²) < 4.78 is 5.19. The minimum atomic E-state index is -2.16. The van der Waals surface area contributed by atoms with Gasteiger partial charge in [0.25, 0.3) is 23.4 Å². The fraction of sp³-hybridized carbons (Fsp3) is 0.259. The molecular weight excluding hydrogens is 534 g/mol. The number of methoxy groups -OCH3 is 1. The molecule has 0 saturated carbocycles. The number of fused-ring (bicyclic) bond motifs is 4. The van der Waals surface area contributed by atoms with Crippen molar-refractivity contribution in [2.75, 3.05) is 12.0 Å². The Morgan fingerprint density at radius 3 is 2.07 bits per heavy atom. The fourth-order valence-corrected chi connectivity index (χ4v) is 5.16. The van der Waals surface area contributed by atoms with Crippen LogP contribution in [0.4, 0.5) is 5.69 Å². The van der Waals surface area contributed by atoms with E-state index in [1.807, 2.05) is 0 Å². The topological polar surface area (TPSA) is 153 Å². The Kier molecular flexibility index (Phi) is 6.40. The Morgan fingerprint density at radius 2 is 1.51 bits per heavy atom. The minimum absolute atomic E-state index is 0.0881. The maximum absolute atomic E-state index is 14.2. The Labute approximate surface area is 234 Å². The summed E-state index contributed by atoms with van der Waals surface area (Å²) in [6, 6.07) is 13.1. The van der Waals surface area contributed by atoms with Gasteiger partial charge in [-0.1, -0.05) is 30.3 Å². The number of hydrazone groups is 2. The first-order chi connectivity index (χ1) is 19.4. The highest BCUT2D eigenvalue weighted by molar-refractivity contribution is 6.43. The lowest BCUT2D eigenvalue weighted by Crippen LogP contribution is -2.66. The van der Waals surface area contributed by atoms with Gasteiger partial charge in [0.2, 0.25) is 23.6 Å². The molecule has 2 aromatic rings. The number of guanidine groups is 1. The standard InChI is InChI=1S/C27H25N7O7/c1-15(35)30-23-9-7-6-8-21(23)27(25(30)40)33(18(4)38)29-26-32(31(16(2)36)17(3)37)24(39)22(28-34(26)27)14-19-10-12-20(41-5)13-11-19/h6-13H,14H2,1-5H3. The van der Waals surface area contributed by atoms with Gasteiger partial charge in [0.1, 0.15) is 11.5 Å². The molecular formula is C27H25N7O7. The lowest BCUT2D eigenvalue weighted by Gasteiger charge is -2.41. The SMILES string of the molecule is COc1ccc(CC2=NN3C(=NN(C(C)=O)C34C(=O)N(C(C)=O)c3ccccc34)N(N(C(C)=O)C(C)=O)C2=O)cc1. The van der Waals surface area contributed by atoms with Gasteiger partial charge >= 0.3 is 0 Å². The summed E-state index contributed by atoms with van der Waals surface area (Å²) in [5.74, 6) is -4.61. The molecule has 210 valence electrons. The van der Waals surface area contributed by atoms with Gasteiger partial charge in [0.15, 0.2) is 0 Å². The summed E-state index contributed by atoms with van der Waals surface area (Å²) in [5.41, 5.74) is -1.33. The Balaban J connectivity index is 1.78. The average molecular weight is 560 g/mol. The summed E-state index contributed by atoms with van der Waals surface area (Å²) >= 11 is 0. The second kappa shape index (κ2) is 9.66. The predicted molar refractivity (Wildman–Crippen MR) is 142 cm³/mol. The molecule has 5 rings (SSSR count). The van der Waals surface area contributed by atoms with Crippen molar-refractivity contribution in [1.29, 1.82) is 0 Å². The van der Waals surface area contributed by atoms with Gasteiger partial charge in [0, 0.05) is 39.7 Å². The molecule has 6 amide bonds. The average Bonchev–Trinajstić information content (AvgIpc) is 3.39. The third-order valence-electron chi connectivity index (χ3n) is 6.80. The van der Waals surface area contributed by atoms with Crippen molar-refractivity contribution < 1.29 is 33.5 Å².